The van der Waals surface area contributed by atoms with Gasteiger partial charge in [-0.2, -0.15) is 5.10 Å². The average Bonchev–Trinajstić information content (AvgIpc) is 3.30. The molecule has 9 heteroatoms. The van der Waals surface area contributed by atoms with Crippen LogP contribution in [0.15, 0.2) is 48.5 Å². The van der Waals surface area contributed by atoms with Gasteiger partial charge < -0.3 is 20.1 Å². The summed E-state index contributed by atoms with van der Waals surface area (Å²) in [7, 11) is 0. The molecule has 210 valence electrons. The molecule has 0 atom stereocenters. The minimum atomic E-state index is -0.538. The molecular weight excluding hydrogens is 506 g/mol. The number of hydrogen-bond donors (Lipinski definition) is 3. The molecule has 2 amide bonds. The lowest BCUT2D eigenvalue weighted by molar-refractivity contribution is 0.0525. The number of nitrogens with one attached hydrogen (secondary N) is 3. The molecule has 0 radical (unpaired) electrons. The number of carbonyl (C=O) groups excluding carboxylic acids is 2. The molecule has 2 aromatic heterocycles. The lowest BCUT2D eigenvalue weighted by Gasteiger charge is -2.19. The highest BCUT2D eigenvalue weighted by Gasteiger charge is 2.16. The number of aryl methyl sites for hydroxylation is 3. The Kier molecular flexibility index (Phi) is 8.72. The molecule has 0 spiro atoms. The van der Waals surface area contributed by atoms with Crippen LogP contribution in [0.5, 0.6) is 5.75 Å². The van der Waals surface area contributed by atoms with E-state index in [9.17, 15) is 9.59 Å². The highest BCUT2D eigenvalue weighted by molar-refractivity contribution is 6.05. The quantitative estimate of drug-likeness (QED) is 0.212. The molecule has 0 unspecified atom stereocenters. The third-order valence-corrected chi connectivity index (χ3v) is 6.19. The molecule has 4 rings (SSSR count). The van der Waals surface area contributed by atoms with Gasteiger partial charge in [-0.3, -0.25) is 9.89 Å². The molecule has 0 saturated heterocycles. The van der Waals surface area contributed by atoms with Crippen molar-refractivity contribution in [2.45, 2.75) is 60.0 Å². The lowest BCUT2D eigenvalue weighted by Crippen LogP contribution is -2.33. The van der Waals surface area contributed by atoms with Gasteiger partial charge in [0, 0.05) is 34.4 Å². The van der Waals surface area contributed by atoms with E-state index >= 15 is 0 Å². The number of aromatic nitrogens is 3. The average molecular weight is 544 g/mol. The normalized spacial score (nSPS) is 11.3. The highest BCUT2D eigenvalue weighted by Crippen LogP contribution is 2.28. The molecular formula is C31H37N5O4. The summed E-state index contributed by atoms with van der Waals surface area (Å²) in [5, 5.41) is 14.1. The van der Waals surface area contributed by atoms with Crippen molar-refractivity contribution in [2.24, 2.45) is 0 Å². The lowest BCUT2D eigenvalue weighted by atomic mass is 10.0. The molecule has 0 aliphatic heterocycles. The molecule has 40 heavy (non-hydrogen) atoms. The summed E-state index contributed by atoms with van der Waals surface area (Å²) in [4.78, 5) is 29.7. The van der Waals surface area contributed by atoms with Crippen molar-refractivity contribution in [3.8, 4) is 17.0 Å². The van der Waals surface area contributed by atoms with Crippen LogP contribution in [0, 0.1) is 13.8 Å². The number of ether oxygens (including phenoxy) is 2. The first kappa shape index (κ1) is 28.6. The minimum Gasteiger partial charge on any atom is -0.493 e. The zero-order valence-electron chi connectivity index (χ0n) is 24.0. The number of nitrogens with zero attached hydrogens (tertiary/aromatic N) is 2. The summed E-state index contributed by atoms with van der Waals surface area (Å²) in [5.41, 5.74) is 6.03. The number of benzene rings is 2. The van der Waals surface area contributed by atoms with Crippen molar-refractivity contribution >= 4 is 28.7 Å². The van der Waals surface area contributed by atoms with Crippen LogP contribution in [-0.4, -0.2) is 45.9 Å². The van der Waals surface area contributed by atoms with Crippen LogP contribution in [0.2, 0.25) is 0 Å². The summed E-state index contributed by atoms with van der Waals surface area (Å²) >= 11 is 0. The number of anilines is 1. The van der Waals surface area contributed by atoms with Crippen LogP contribution >= 0.6 is 0 Å². The molecule has 0 aliphatic carbocycles. The second kappa shape index (κ2) is 12.2. The molecule has 3 N–H and O–H groups in total. The number of hydrogen-bond acceptors (Lipinski definition) is 6. The number of rotatable bonds is 9. The first-order chi connectivity index (χ1) is 19.0. The Morgan fingerprint density at radius 1 is 1.02 bits per heavy atom. The number of aromatic amines is 1. The van der Waals surface area contributed by atoms with Crippen LogP contribution in [0.3, 0.4) is 0 Å². The van der Waals surface area contributed by atoms with Gasteiger partial charge in [0.05, 0.1) is 12.3 Å². The van der Waals surface area contributed by atoms with Crippen LogP contribution in [-0.2, 0) is 11.2 Å². The zero-order chi connectivity index (χ0) is 28.9. The SMILES string of the molecule is CCc1[nH]nc2nc(-c3cc(NC(=O)c4cc(C)cc(OCCCNC(=O)OC(C)(C)C)c4)ccc3C)ccc12. The third-order valence-electron chi connectivity index (χ3n) is 6.19. The Morgan fingerprint density at radius 2 is 1.82 bits per heavy atom. The number of pyridine rings is 1. The Labute approximate surface area is 234 Å². The van der Waals surface area contributed by atoms with Crippen LogP contribution in [0.4, 0.5) is 10.5 Å². The summed E-state index contributed by atoms with van der Waals surface area (Å²) < 4.78 is 11.1. The van der Waals surface area contributed by atoms with Gasteiger partial charge in [0.2, 0.25) is 0 Å². The maximum atomic E-state index is 13.2. The third kappa shape index (κ3) is 7.37. The number of carbonyl (C=O) groups is 2. The standard InChI is InChI=1S/C31H37N5O4/c1-7-26-24-11-12-27(34-28(24)36-35-26)25-18-22(10-9-20(25)3)33-29(37)21-15-19(2)16-23(17-21)39-14-8-13-32-30(38)40-31(4,5)6/h9-12,15-18H,7-8,13-14H2,1-6H3,(H,32,38)(H,33,37)(H,34,35,36). The predicted molar refractivity (Wildman–Crippen MR) is 157 cm³/mol. The summed E-state index contributed by atoms with van der Waals surface area (Å²) in [6.07, 6.45) is 0.998. The molecule has 0 fully saturated rings. The highest BCUT2D eigenvalue weighted by atomic mass is 16.6. The predicted octanol–water partition coefficient (Wildman–Crippen LogP) is 6.35. The van der Waals surface area contributed by atoms with E-state index in [0.29, 0.717) is 42.2 Å². The van der Waals surface area contributed by atoms with Crippen molar-refractivity contribution in [3.05, 3.63) is 70.9 Å². The first-order valence-electron chi connectivity index (χ1n) is 13.5. The van der Waals surface area contributed by atoms with Crippen molar-refractivity contribution in [3.63, 3.8) is 0 Å². The van der Waals surface area contributed by atoms with Gasteiger partial charge >= 0.3 is 6.09 Å². The van der Waals surface area contributed by atoms with Gasteiger partial charge in [0.1, 0.15) is 11.4 Å². The number of H-pyrrole nitrogens is 1. The van der Waals surface area contributed by atoms with Crippen LogP contribution in [0.1, 0.15) is 61.3 Å². The largest absolute Gasteiger partial charge is 0.493 e. The summed E-state index contributed by atoms with van der Waals surface area (Å²) in [6, 6.07) is 15.2. The molecule has 9 nitrogen and oxygen atoms in total. The molecule has 0 aliphatic rings. The number of fused-ring (bicyclic) bond motifs is 1. The number of amides is 2. The molecule has 0 saturated carbocycles. The Hall–Kier alpha value is -4.40. The second-order valence-corrected chi connectivity index (χ2v) is 10.8. The van der Waals surface area contributed by atoms with Crippen molar-refractivity contribution in [1.82, 2.24) is 20.5 Å². The Balaban J connectivity index is 1.40. The smallest absolute Gasteiger partial charge is 0.407 e. The van der Waals surface area contributed by atoms with E-state index in [4.69, 9.17) is 14.5 Å². The van der Waals surface area contributed by atoms with E-state index < -0.39 is 11.7 Å². The van der Waals surface area contributed by atoms with Gasteiger partial charge in [0.15, 0.2) is 5.65 Å². The van der Waals surface area contributed by atoms with Crippen molar-refractivity contribution in [2.75, 3.05) is 18.5 Å². The van der Waals surface area contributed by atoms with Gasteiger partial charge in [-0.15, -0.1) is 0 Å². The molecule has 2 aromatic carbocycles. The Morgan fingerprint density at radius 3 is 2.58 bits per heavy atom. The van der Waals surface area contributed by atoms with Gasteiger partial charge in [-0.05, 0) is 101 Å². The fraction of sp³-hybridized carbons (Fsp3) is 0.355. The van der Waals surface area contributed by atoms with E-state index in [1.807, 2.05) is 77.1 Å². The van der Waals surface area contributed by atoms with Crippen molar-refractivity contribution < 1.29 is 19.1 Å². The minimum absolute atomic E-state index is 0.238. The maximum Gasteiger partial charge on any atom is 0.407 e. The summed E-state index contributed by atoms with van der Waals surface area (Å²) in [5.74, 6) is 0.355. The fourth-order valence-electron chi connectivity index (χ4n) is 4.28. The van der Waals surface area contributed by atoms with Gasteiger partial charge in [0.25, 0.3) is 5.91 Å². The van der Waals surface area contributed by atoms with Crippen LogP contribution < -0.4 is 15.4 Å². The van der Waals surface area contributed by atoms with Gasteiger partial charge in [-0.25, -0.2) is 9.78 Å². The van der Waals surface area contributed by atoms with Gasteiger partial charge in [-0.1, -0.05) is 13.0 Å². The number of alkyl carbamates (subject to hydrolysis) is 1. The molecule has 4 aromatic rings. The first-order valence-corrected chi connectivity index (χ1v) is 13.5. The Bertz CT molecular complexity index is 1520. The topological polar surface area (TPSA) is 118 Å². The van der Waals surface area contributed by atoms with E-state index in [1.165, 1.54) is 0 Å². The second-order valence-electron chi connectivity index (χ2n) is 10.8. The fourth-order valence-corrected chi connectivity index (χ4v) is 4.28. The molecule has 2 heterocycles. The van der Waals surface area contributed by atoms with E-state index in [1.54, 1.807) is 6.07 Å². The molecule has 0 bridgehead atoms. The van der Waals surface area contributed by atoms with E-state index in [2.05, 4.69) is 27.8 Å². The van der Waals surface area contributed by atoms with Crippen LogP contribution in [0.25, 0.3) is 22.3 Å². The van der Waals surface area contributed by atoms with E-state index in [0.717, 1.165) is 39.9 Å². The zero-order valence-corrected chi connectivity index (χ0v) is 24.0. The monoisotopic (exact) mass is 543 g/mol. The van der Waals surface area contributed by atoms with Crippen molar-refractivity contribution in [1.29, 1.82) is 0 Å². The maximum absolute atomic E-state index is 13.2. The summed E-state index contributed by atoms with van der Waals surface area (Å²) in [6.45, 7) is 12.3. The van der Waals surface area contributed by atoms with E-state index in [-0.39, 0.29) is 5.91 Å².